The second-order valence-electron chi connectivity index (χ2n) is 5.28. The van der Waals surface area contributed by atoms with Crippen molar-refractivity contribution in [2.75, 3.05) is 13.6 Å². The number of carbonyl (C=O) groups excluding carboxylic acids is 1. The van der Waals surface area contributed by atoms with Crippen molar-refractivity contribution in [2.45, 2.75) is 13.5 Å². The largest absolute Gasteiger partial charge is 0.350 e. The van der Waals surface area contributed by atoms with Gasteiger partial charge in [-0.2, -0.15) is 0 Å². The number of fused-ring (bicyclic) bond motifs is 1. The van der Waals surface area contributed by atoms with Crippen LogP contribution in [0.3, 0.4) is 0 Å². The van der Waals surface area contributed by atoms with Crippen LogP contribution in [0.4, 0.5) is 0 Å². The highest BCUT2D eigenvalue weighted by Crippen LogP contribution is 2.05. The number of rotatable bonds is 5. The molecule has 2 heterocycles. The number of aromatic nitrogens is 4. The molecule has 0 aliphatic carbocycles. The zero-order chi connectivity index (χ0) is 17.9. The molecule has 128 valence electrons. The fourth-order valence-electron chi connectivity index (χ4n) is 2.32. The lowest BCUT2D eigenvalue weighted by Gasteiger charge is -2.08. The molecular formula is C15H20N6O3. The van der Waals surface area contributed by atoms with E-state index in [1.165, 1.54) is 29.6 Å². The summed E-state index contributed by atoms with van der Waals surface area (Å²) in [6.45, 7) is 2.14. The van der Waals surface area contributed by atoms with Gasteiger partial charge in [-0.25, -0.2) is 9.78 Å². The molecule has 0 aromatic carbocycles. The Labute approximate surface area is 138 Å². The van der Waals surface area contributed by atoms with Crippen LogP contribution in [0.25, 0.3) is 11.2 Å². The Balaban J connectivity index is 2.27. The first-order chi connectivity index (χ1) is 11.4. The van der Waals surface area contributed by atoms with Crippen molar-refractivity contribution in [2.24, 2.45) is 19.1 Å². The first kappa shape index (κ1) is 17.4. The molecule has 0 saturated heterocycles. The number of aliphatic imine (C=N–C) groups is 1. The van der Waals surface area contributed by atoms with Crippen molar-refractivity contribution in [1.82, 2.24) is 24.0 Å². The Bertz CT molecular complexity index is 944. The highest BCUT2D eigenvalue weighted by Gasteiger charge is 2.15. The second kappa shape index (κ2) is 7.07. The highest BCUT2D eigenvalue weighted by molar-refractivity contribution is 5.82. The molecule has 1 amide bonds. The Kier molecular flexibility index (Phi) is 5.12. The summed E-state index contributed by atoms with van der Waals surface area (Å²) in [6.07, 6.45) is 4.90. The molecule has 0 fully saturated rings. The zero-order valence-corrected chi connectivity index (χ0v) is 14.1. The average molecular weight is 332 g/mol. The van der Waals surface area contributed by atoms with Crippen molar-refractivity contribution in [3.8, 4) is 0 Å². The molecule has 2 aromatic rings. The summed E-state index contributed by atoms with van der Waals surface area (Å²) in [7, 11) is 4.58. The monoisotopic (exact) mass is 332 g/mol. The Hall–Kier alpha value is -2.97. The van der Waals surface area contributed by atoms with Gasteiger partial charge in [-0.1, -0.05) is 6.08 Å². The van der Waals surface area contributed by atoms with E-state index in [1.807, 2.05) is 13.0 Å². The lowest BCUT2D eigenvalue weighted by atomic mass is 10.3. The van der Waals surface area contributed by atoms with E-state index in [1.54, 1.807) is 13.3 Å². The highest BCUT2D eigenvalue weighted by atomic mass is 16.2. The summed E-state index contributed by atoms with van der Waals surface area (Å²) in [6, 6.07) is 0. The molecule has 0 spiro atoms. The first-order valence-corrected chi connectivity index (χ1v) is 7.35. The standard InChI is InChI=1S/C15H20N6O3/c1-5-10(6-16-2)7-17-11(22)8-21-9-18-13-12(21)14(23)20(4)15(24)19(13)3/h5-6,9H,7-8H2,1-4H3,(H,17,22)/b10-5+,16-6?. The van der Waals surface area contributed by atoms with Gasteiger partial charge in [0.1, 0.15) is 6.54 Å². The van der Waals surface area contributed by atoms with E-state index >= 15 is 0 Å². The molecular weight excluding hydrogens is 312 g/mol. The number of hydrogen-bond donors (Lipinski definition) is 1. The average Bonchev–Trinajstić information content (AvgIpc) is 2.98. The van der Waals surface area contributed by atoms with Crippen molar-refractivity contribution >= 4 is 23.3 Å². The van der Waals surface area contributed by atoms with Gasteiger partial charge >= 0.3 is 5.69 Å². The zero-order valence-electron chi connectivity index (χ0n) is 14.1. The second-order valence-corrected chi connectivity index (χ2v) is 5.28. The van der Waals surface area contributed by atoms with Gasteiger partial charge in [0.15, 0.2) is 11.2 Å². The molecule has 2 aromatic heterocycles. The van der Waals surface area contributed by atoms with E-state index in [4.69, 9.17) is 0 Å². The van der Waals surface area contributed by atoms with Crippen molar-refractivity contribution < 1.29 is 4.79 Å². The summed E-state index contributed by atoms with van der Waals surface area (Å²) in [5.74, 6) is -0.269. The molecule has 0 aliphatic heterocycles. The number of allylic oxidation sites excluding steroid dienone is 1. The van der Waals surface area contributed by atoms with Gasteiger partial charge < -0.3 is 9.88 Å². The van der Waals surface area contributed by atoms with E-state index in [0.717, 1.165) is 10.1 Å². The van der Waals surface area contributed by atoms with Crippen LogP contribution in [-0.4, -0.2) is 44.4 Å². The van der Waals surface area contributed by atoms with Gasteiger partial charge in [0.2, 0.25) is 5.91 Å². The van der Waals surface area contributed by atoms with Crippen LogP contribution in [-0.2, 0) is 25.4 Å². The Morgan fingerprint density at radius 1 is 1.33 bits per heavy atom. The van der Waals surface area contributed by atoms with E-state index in [2.05, 4.69) is 15.3 Å². The van der Waals surface area contributed by atoms with Gasteiger partial charge in [0.25, 0.3) is 5.56 Å². The van der Waals surface area contributed by atoms with Crippen LogP contribution in [0.5, 0.6) is 0 Å². The van der Waals surface area contributed by atoms with Gasteiger partial charge in [-0.05, 0) is 12.5 Å². The minimum Gasteiger partial charge on any atom is -0.350 e. The maximum atomic E-state index is 12.3. The van der Waals surface area contributed by atoms with Crippen LogP contribution in [0.2, 0.25) is 0 Å². The van der Waals surface area contributed by atoms with E-state index < -0.39 is 11.2 Å². The maximum Gasteiger partial charge on any atom is 0.332 e. The quantitative estimate of drug-likeness (QED) is 0.724. The number of hydrogen-bond acceptors (Lipinski definition) is 5. The van der Waals surface area contributed by atoms with Crippen LogP contribution < -0.4 is 16.6 Å². The predicted molar refractivity (Wildman–Crippen MR) is 91.4 cm³/mol. The number of aryl methyl sites for hydroxylation is 1. The Morgan fingerprint density at radius 2 is 2.04 bits per heavy atom. The van der Waals surface area contributed by atoms with Crippen LogP contribution >= 0.6 is 0 Å². The number of carbonyl (C=O) groups is 1. The van der Waals surface area contributed by atoms with Gasteiger partial charge in [-0.3, -0.25) is 23.7 Å². The number of nitrogens with zero attached hydrogens (tertiary/aromatic N) is 5. The van der Waals surface area contributed by atoms with Crippen molar-refractivity contribution in [3.05, 3.63) is 38.8 Å². The molecule has 9 nitrogen and oxygen atoms in total. The van der Waals surface area contributed by atoms with E-state index in [9.17, 15) is 14.4 Å². The lowest BCUT2D eigenvalue weighted by Crippen LogP contribution is -2.38. The van der Waals surface area contributed by atoms with E-state index in [-0.39, 0.29) is 23.6 Å². The summed E-state index contributed by atoms with van der Waals surface area (Å²) < 4.78 is 3.71. The molecule has 0 radical (unpaired) electrons. The summed E-state index contributed by atoms with van der Waals surface area (Å²) in [5.41, 5.74) is 0.406. The predicted octanol–water partition coefficient (Wildman–Crippen LogP) is -0.803. The molecule has 0 atom stereocenters. The smallest absolute Gasteiger partial charge is 0.332 e. The van der Waals surface area contributed by atoms with Gasteiger partial charge in [-0.15, -0.1) is 0 Å². The van der Waals surface area contributed by atoms with Gasteiger partial charge in [0.05, 0.1) is 6.33 Å². The fourth-order valence-corrected chi connectivity index (χ4v) is 2.32. The normalized spacial score (nSPS) is 12.2. The molecule has 9 heteroatoms. The van der Waals surface area contributed by atoms with Crippen LogP contribution in [0.15, 0.2) is 32.6 Å². The topological polar surface area (TPSA) is 103 Å². The molecule has 0 saturated carbocycles. The molecule has 0 unspecified atom stereocenters. The maximum absolute atomic E-state index is 12.3. The summed E-state index contributed by atoms with van der Waals surface area (Å²) >= 11 is 0. The van der Waals surface area contributed by atoms with E-state index in [0.29, 0.717) is 6.54 Å². The fraction of sp³-hybridized carbons (Fsp3) is 0.400. The van der Waals surface area contributed by atoms with Crippen LogP contribution in [0.1, 0.15) is 6.92 Å². The molecule has 2 rings (SSSR count). The Morgan fingerprint density at radius 3 is 2.67 bits per heavy atom. The number of amides is 1. The molecule has 1 N–H and O–H groups in total. The number of imidazole rings is 1. The third-order valence-corrected chi connectivity index (χ3v) is 3.69. The summed E-state index contributed by atoms with van der Waals surface area (Å²) in [4.78, 5) is 44.3. The van der Waals surface area contributed by atoms with Crippen molar-refractivity contribution in [1.29, 1.82) is 0 Å². The SMILES string of the molecule is C/C=C(\C=NC)CNC(=O)Cn1cnc2c1c(=O)n(C)c(=O)n2C. The minimum atomic E-state index is -0.481. The van der Waals surface area contributed by atoms with Crippen molar-refractivity contribution in [3.63, 3.8) is 0 Å². The third kappa shape index (κ3) is 3.19. The van der Waals surface area contributed by atoms with Gasteiger partial charge in [0, 0.05) is 33.9 Å². The lowest BCUT2D eigenvalue weighted by molar-refractivity contribution is -0.121. The molecule has 0 bridgehead atoms. The van der Waals surface area contributed by atoms with Crippen LogP contribution in [0, 0.1) is 0 Å². The molecule has 24 heavy (non-hydrogen) atoms. The number of nitrogens with one attached hydrogen (secondary N) is 1. The first-order valence-electron chi connectivity index (χ1n) is 7.35. The minimum absolute atomic E-state index is 0.0653. The third-order valence-electron chi connectivity index (χ3n) is 3.69. The molecule has 0 aliphatic rings. The summed E-state index contributed by atoms with van der Waals surface area (Å²) in [5, 5.41) is 2.76.